The predicted molar refractivity (Wildman–Crippen MR) is 129 cm³/mol. The van der Waals surface area contributed by atoms with Crippen LogP contribution in [0.2, 0.25) is 0 Å². The van der Waals surface area contributed by atoms with E-state index in [1.807, 2.05) is 0 Å². The normalized spacial score (nSPS) is 15.4. The van der Waals surface area contributed by atoms with E-state index in [1.54, 1.807) is 24.3 Å². The molecule has 0 bridgehead atoms. The molecule has 1 amide bonds. The fourth-order valence-corrected chi connectivity index (χ4v) is 3.71. The first-order valence-corrected chi connectivity index (χ1v) is 10.4. The van der Waals surface area contributed by atoms with Gasteiger partial charge in [0.1, 0.15) is 0 Å². The molecule has 9 heteroatoms. The van der Waals surface area contributed by atoms with E-state index in [0.29, 0.717) is 29.3 Å². The summed E-state index contributed by atoms with van der Waals surface area (Å²) in [6, 6.07) is 9.45. The number of benzene rings is 2. The van der Waals surface area contributed by atoms with Gasteiger partial charge >= 0.3 is 0 Å². The van der Waals surface area contributed by atoms with Crippen molar-refractivity contribution in [3.05, 3.63) is 53.3 Å². The van der Waals surface area contributed by atoms with Gasteiger partial charge in [-0.3, -0.25) is 4.79 Å². The third kappa shape index (κ3) is 7.24. The molecule has 1 unspecified atom stereocenters. The molecule has 0 spiro atoms. The van der Waals surface area contributed by atoms with E-state index in [2.05, 4.69) is 17.1 Å². The number of carbonyl (C=O) groups is 1. The number of nitrogens with two attached hydrogens (primary N) is 1. The van der Waals surface area contributed by atoms with Crippen LogP contribution in [-0.4, -0.2) is 44.1 Å². The van der Waals surface area contributed by atoms with Crippen molar-refractivity contribution in [2.45, 2.75) is 26.3 Å². The zero-order chi connectivity index (χ0) is 21.5. The van der Waals surface area contributed by atoms with Gasteiger partial charge in [0, 0.05) is 25.2 Å². The Balaban J connectivity index is 0.00000256. The fraction of sp³-hybridized carbons (Fsp3) is 0.435. The second-order valence-corrected chi connectivity index (χ2v) is 7.60. The lowest BCUT2D eigenvalue weighted by Crippen LogP contribution is -2.31. The van der Waals surface area contributed by atoms with Gasteiger partial charge in [0.2, 0.25) is 0 Å². The highest BCUT2D eigenvalue weighted by molar-refractivity contribution is 5.94. The second kappa shape index (κ2) is 13.5. The molecule has 1 aliphatic rings. The highest BCUT2D eigenvalue weighted by Crippen LogP contribution is 2.34. The number of amides is 1. The molecule has 1 atom stereocenters. The molecule has 2 aromatic rings. The molecular weight excluding hydrogens is 456 g/mol. The number of nitrogens with one attached hydrogen (secondary N) is 1. The molecule has 2 aromatic carbocycles. The molecule has 3 N–H and O–H groups in total. The van der Waals surface area contributed by atoms with Gasteiger partial charge in [-0.05, 0) is 67.7 Å². The van der Waals surface area contributed by atoms with E-state index >= 15 is 0 Å². The lowest BCUT2D eigenvalue weighted by atomic mass is 10.1. The molecule has 6 nitrogen and oxygen atoms in total. The average molecular weight is 488 g/mol. The van der Waals surface area contributed by atoms with Crippen molar-refractivity contribution in [3.63, 3.8) is 0 Å². The summed E-state index contributed by atoms with van der Waals surface area (Å²) in [6.45, 7) is 6.26. The first-order chi connectivity index (χ1) is 14.5. The molecule has 178 valence electrons. The monoisotopic (exact) mass is 487 g/mol. The zero-order valence-electron chi connectivity index (χ0n) is 18.4. The van der Waals surface area contributed by atoms with Crippen LogP contribution >= 0.6 is 24.8 Å². The van der Waals surface area contributed by atoms with Gasteiger partial charge in [0.15, 0.2) is 23.1 Å². The van der Waals surface area contributed by atoms with Crippen molar-refractivity contribution in [2.24, 2.45) is 11.7 Å². The first-order valence-electron chi connectivity index (χ1n) is 10.4. The molecule has 1 saturated heterocycles. The van der Waals surface area contributed by atoms with Gasteiger partial charge in [0.25, 0.3) is 5.91 Å². The van der Waals surface area contributed by atoms with Crippen LogP contribution in [0.4, 0.5) is 4.39 Å². The lowest BCUT2D eigenvalue weighted by Gasteiger charge is -2.16. The molecule has 0 aliphatic carbocycles. The Morgan fingerprint density at radius 2 is 1.94 bits per heavy atom. The third-order valence-corrected chi connectivity index (χ3v) is 5.34. The molecular formula is C23H32Cl2FN3O3. The number of hydrogen-bond acceptors (Lipinski definition) is 5. The molecule has 1 fully saturated rings. The van der Waals surface area contributed by atoms with Gasteiger partial charge < -0.3 is 25.4 Å². The standard InChI is InChI=1S/C23H30FN3O3.2ClH/c1-3-9-27-10-8-17(15-27)14-26-23(28)18-5-7-21(29-2)22(12-18)30-20-6-4-16(13-25)11-19(20)24;;/h4-7,11-12,17H,3,8-10,13-15,25H2,1-2H3,(H,26,28);2*1H. The van der Waals surface area contributed by atoms with Crippen molar-refractivity contribution in [3.8, 4) is 17.2 Å². The summed E-state index contributed by atoms with van der Waals surface area (Å²) < 4.78 is 25.3. The average Bonchev–Trinajstić information content (AvgIpc) is 3.21. The van der Waals surface area contributed by atoms with Crippen LogP contribution in [0.25, 0.3) is 0 Å². The summed E-state index contributed by atoms with van der Waals surface area (Å²) in [5, 5.41) is 3.01. The maximum absolute atomic E-state index is 14.3. The number of carbonyl (C=O) groups excluding carboxylic acids is 1. The van der Waals surface area contributed by atoms with E-state index in [4.69, 9.17) is 15.2 Å². The van der Waals surface area contributed by atoms with E-state index in [9.17, 15) is 9.18 Å². The number of hydrogen-bond donors (Lipinski definition) is 2. The Morgan fingerprint density at radius 3 is 2.59 bits per heavy atom. The summed E-state index contributed by atoms with van der Waals surface area (Å²) >= 11 is 0. The largest absolute Gasteiger partial charge is 0.493 e. The van der Waals surface area contributed by atoms with Crippen LogP contribution in [0, 0.1) is 11.7 Å². The van der Waals surface area contributed by atoms with Crippen molar-refractivity contribution in [1.82, 2.24) is 10.2 Å². The van der Waals surface area contributed by atoms with Gasteiger partial charge in [-0.2, -0.15) is 0 Å². The Hall–Kier alpha value is -2.06. The molecule has 0 aromatic heterocycles. The topological polar surface area (TPSA) is 76.8 Å². The van der Waals surface area contributed by atoms with Gasteiger partial charge in [0.05, 0.1) is 7.11 Å². The van der Waals surface area contributed by atoms with E-state index in [1.165, 1.54) is 19.2 Å². The Bertz CT molecular complexity index is 886. The number of likely N-dealkylation sites (tertiary alicyclic amines) is 1. The lowest BCUT2D eigenvalue weighted by molar-refractivity contribution is 0.0947. The van der Waals surface area contributed by atoms with Crippen LogP contribution in [0.1, 0.15) is 35.7 Å². The van der Waals surface area contributed by atoms with Crippen LogP contribution in [0.5, 0.6) is 17.2 Å². The van der Waals surface area contributed by atoms with Gasteiger partial charge in [-0.25, -0.2) is 4.39 Å². The van der Waals surface area contributed by atoms with E-state index in [0.717, 1.165) is 32.5 Å². The summed E-state index contributed by atoms with van der Waals surface area (Å²) in [4.78, 5) is 15.1. The van der Waals surface area contributed by atoms with Crippen LogP contribution in [0.3, 0.4) is 0 Å². The fourth-order valence-electron chi connectivity index (χ4n) is 3.71. The van der Waals surface area contributed by atoms with Gasteiger partial charge in [-0.1, -0.05) is 13.0 Å². The van der Waals surface area contributed by atoms with Crippen LogP contribution < -0.4 is 20.5 Å². The minimum atomic E-state index is -0.521. The number of halogens is 3. The maximum atomic E-state index is 14.3. The van der Waals surface area contributed by atoms with Crippen molar-refractivity contribution in [2.75, 3.05) is 33.3 Å². The molecule has 1 aliphatic heterocycles. The minimum absolute atomic E-state index is 0. The van der Waals surface area contributed by atoms with E-state index < -0.39 is 5.82 Å². The summed E-state index contributed by atoms with van der Waals surface area (Å²) in [6.07, 6.45) is 2.23. The van der Waals surface area contributed by atoms with E-state index in [-0.39, 0.29) is 48.8 Å². The van der Waals surface area contributed by atoms with Crippen LogP contribution in [0.15, 0.2) is 36.4 Å². The minimum Gasteiger partial charge on any atom is -0.493 e. The number of methoxy groups -OCH3 is 1. The Morgan fingerprint density at radius 1 is 1.19 bits per heavy atom. The highest BCUT2D eigenvalue weighted by Gasteiger charge is 2.22. The Labute approximate surface area is 201 Å². The SMILES string of the molecule is CCCN1CCC(CNC(=O)c2ccc(OC)c(Oc3ccc(CN)cc3F)c2)C1.Cl.Cl. The summed E-state index contributed by atoms with van der Waals surface area (Å²) in [7, 11) is 1.50. The third-order valence-electron chi connectivity index (χ3n) is 5.34. The van der Waals surface area contributed by atoms with Crippen molar-refractivity contribution < 1.29 is 18.7 Å². The molecule has 0 radical (unpaired) electrons. The number of ether oxygens (including phenoxy) is 2. The first kappa shape index (κ1) is 28.0. The van der Waals surface area contributed by atoms with Gasteiger partial charge in [-0.15, -0.1) is 24.8 Å². The molecule has 0 saturated carbocycles. The highest BCUT2D eigenvalue weighted by atomic mass is 35.5. The maximum Gasteiger partial charge on any atom is 0.251 e. The zero-order valence-corrected chi connectivity index (χ0v) is 20.1. The summed E-state index contributed by atoms with van der Waals surface area (Å²) in [5.41, 5.74) is 6.65. The molecule has 1 heterocycles. The summed E-state index contributed by atoms with van der Waals surface area (Å²) in [5.74, 6) is 0.497. The molecule has 3 rings (SSSR count). The van der Waals surface area contributed by atoms with Crippen molar-refractivity contribution >= 4 is 30.7 Å². The second-order valence-electron chi connectivity index (χ2n) is 7.60. The smallest absolute Gasteiger partial charge is 0.251 e. The molecule has 32 heavy (non-hydrogen) atoms. The number of rotatable bonds is 9. The Kier molecular flexibility index (Phi) is 11.8. The van der Waals surface area contributed by atoms with Crippen LogP contribution in [-0.2, 0) is 6.54 Å². The number of nitrogens with zero attached hydrogens (tertiary/aromatic N) is 1. The predicted octanol–water partition coefficient (Wildman–Crippen LogP) is 4.39. The quantitative estimate of drug-likeness (QED) is 0.548. The van der Waals surface area contributed by atoms with Crippen molar-refractivity contribution in [1.29, 1.82) is 0 Å².